The first-order valence-corrected chi connectivity index (χ1v) is 12.5. The van der Waals surface area contributed by atoms with E-state index in [4.69, 9.17) is 4.98 Å². The van der Waals surface area contributed by atoms with Crippen LogP contribution in [0.1, 0.15) is 25.7 Å². The van der Waals surface area contributed by atoms with E-state index in [1.165, 1.54) is 0 Å². The van der Waals surface area contributed by atoms with Gasteiger partial charge < -0.3 is 9.80 Å². The highest BCUT2D eigenvalue weighted by Crippen LogP contribution is 2.29. The Balaban J connectivity index is 1.49. The molecule has 6 nitrogen and oxygen atoms in total. The van der Waals surface area contributed by atoms with Gasteiger partial charge in [0.05, 0.1) is 43.8 Å². The van der Waals surface area contributed by atoms with Crippen molar-refractivity contribution in [3.63, 3.8) is 0 Å². The molecule has 1 aromatic heterocycles. The number of nitrogens with one attached hydrogen (secondary N) is 1. The monoisotopic (exact) mass is 421 g/mol. The van der Waals surface area contributed by atoms with Crippen LogP contribution in [-0.2, 0) is 10.0 Å². The molecule has 0 saturated carbocycles. The number of thiazole rings is 1. The minimum absolute atomic E-state index is 0.385. The van der Waals surface area contributed by atoms with Gasteiger partial charge in [0, 0.05) is 24.0 Å². The Kier molecular flexibility index (Phi) is 6.01. The molecule has 28 heavy (non-hydrogen) atoms. The van der Waals surface area contributed by atoms with Crippen molar-refractivity contribution in [2.75, 3.05) is 51.2 Å². The predicted octanol–water partition coefficient (Wildman–Crippen LogP) is 1.71. The Morgan fingerprint density at radius 2 is 1.61 bits per heavy atom. The number of hydrogen-bond donors (Lipinski definition) is 1. The van der Waals surface area contributed by atoms with E-state index in [9.17, 15) is 8.42 Å². The van der Waals surface area contributed by atoms with Crippen molar-refractivity contribution < 1.29 is 13.3 Å². The SMILES string of the molecule is C[NH+]1CCN(c2nc(-c3ccc(S(=O)(=O)N4CCCCCC4)cc3)cs2)CC1. The molecule has 0 spiro atoms. The highest BCUT2D eigenvalue weighted by Gasteiger charge is 2.25. The van der Waals surface area contributed by atoms with Crippen LogP contribution in [0.25, 0.3) is 11.3 Å². The van der Waals surface area contributed by atoms with Crippen molar-refractivity contribution in [1.29, 1.82) is 0 Å². The lowest BCUT2D eigenvalue weighted by atomic mass is 10.2. The molecule has 3 heterocycles. The number of likely N-dealkylation sites (N-methyl/N-ethyl adjacent to an activating group) is 1. The average molecular weight is 422 g/mol. The molecule has 0 radical (unpaired) electrons. The third-order valence-corrected chi connectivity index (χ3v) is 8.55. The highest BCUT2D eigenvalue weighted by atomic mass is 32.2. The van der Waals surface area contributed by atoms with Gasteiger partial charge in [0.15, 0.2) is 5.13 Å². The fraction of sp³-hybridized carbons (Fsp3) is 0.550. The summed E-state index contributed by atoms with van der Waals surface area (Å²) >= 11 is 1.67. The molecule has 0 bridgehead atoms. The van der Waals surface area contributed by atoms with Gasteiger partial charge in [-0.15, -0.1) is 11.3 Å². The number of aromatic nitrogens is 1. The molecule has 2 fully saturated rings. The summed E-state index contributed by atoms with van der Waals surface area (Å²) in [7, 11) is -1.17. The molecule has 152 valence electrons. The molecule has 1 N–H and O–H groups in total. The summed E-state index contributed by atoms with van der Waals surface area (Å²) in [5, 5.41) is 3.13. The minimum atomic E-state index is -3.40. The Labute approximate surface area is 171 Å². The molecular weight excluding hydrogens is 392 g/mol. The molecular formula is C20H29N4O2S2+. The van der Waals surface area contributed by atoms with Gasteiger partial charge >= 0.3 is 0 Å². The maximum Gasteiger partial charge on any atom is 0.243 e. The van der Waals surface area contributed by atoms with E-state index >= 15 is 0 Å². The van der Waals surface area contributed by atoms with Crippen LogP contribution in [0, 0.1) is 0 Å². The molecule has 0 atom stereocenters. The first kappa shape index (κ1) is 19.8. The Morgan fingerprint density at radius 3 is 2.25 bits per heavy atom. The van der Waals surface area contributed by atoms with E-state index in [1.807, 2.05) is 12.1 Å². The quantitative estimate of drug-likeness (QED) is 0.817. The second-order valence-corrected chi connectivity index (χ2v) is 10.6. The lowest BCUT2D eigenvalue weighted by molar-refractivity contribution is -0.880. The van der Waals surface area contributed by atoms with Crippen LogP contribution in [0.2, 0.25) is 0 Å². The first-order chi connectivity index (χ1) is 13.5. The van der Waals surface area contributed by atoms with E-state index in [0.29, 0.717) is 18.0 Å². The van der Waals surface area contributed by atoms with Gasteiger partial charge in [0.1, 0.15) is 0 Å². The Hall–Kier alpha value is -1.48. The van der Waals surface area contributed by atoms with Crippen molar-refractivity contribution in [2.24, 2.45) is 0 Å². The molecule has 8 heteroatoms. The Bertz CT molecular complexity index is 879. The number of benzene rings is 1. The molecule has 0 amide bonds. The average Bonchev–Trinajstić information content (AvgIpc) is 3.03. The lowest BCUT2D eigenvalue weighted by Crippen LogP contribution is -3.12. The van der Waals surface area contributed by atoms with E-state index in [-0.39, 0.29) is 0 Å². The van der Waals surface area contributed by atoms with Crippen molar-refractivity contribution in [3.05, 3.63) is 29.6 Å². The van der Waals surface area contributed by atoms with Gasteiger partial charge in [-0.3, -0.25) is 0 Å². The second-order valence-electron chi connectivity index (χ2n) is 7.80. The van der Waals surface area contributed by atoms with E-state index in [2.05, 4.69) is 17.3 Å². The molecule has 4 rings (SSSR count). The summed E-state index contributed by atoms with van der Waals surface area (Å²) in [4.78, 5) is 9.09. The van der Waals surface area contributed by atoms with Crippen LogP contribution in [-0.4, -0.2) is 64.0 Å². The first-order valence-electron chi connectivity index (χ1n) is 10.2. The smallest absolute Gasteiger partial charge is 0.243 e. The molecule has 2 saturated heterocycles. The Morgan fingerprint density at radius 1 is 0.964 bits per heavy atom. The molecule has 0 aliphatic carbocycles. The number of anilines is 1. The summed E-state index contributed by atoms with van der Waals surface area (Å²) in [6, 6.07) is 7.23. The maximum atomic E-state index is 12.9. The normalized spacial score (nSPS) is 20.2. The van der Waals surface area contributed by atoms with E-state index in [1.54, 1.807) is 32.7 Å². The standard InChI is InChI=1S/C20H28N4O2S2/c1-22-12-14-23(15-13-22)20-21-19(16-27-20)17-6-8-18(9-7-17)28(25,26)24-10-4-2-3-5-11-24/h6-9,16H,2-5,10-15H2,1H3/p+1. The number of piperazine rings is 1. The van der Waals surface area contributed by atoms with Crippen molar-refractivity contribution in [1.82, 2.24) is 9.29 Å². The number of rotatable bonds is 4. The third kappa shape index (κ3) is 4.25. The van der Waals surface area contributed by atoms with Gasteiger partial charge in [-0.05, 0) is 25.0 Å². The zero-order valence-corrected chi connectivity index (χ0v) is 18.1. The van der Waals surface area contributed by atoms with E-state index in [0.717, 1.165) is 68.3 Å². The van der Waals surface area contributed by atoms with Crippen LogP contribution in [0.5, 0.6) is 0 Å². The highest BCUT2D eigenvalue weighted by molar-refractivity contribution is 7.89. The topological polar surface area (TPSA) is 58.0 Å². The summed E-state index contributed by atoms with van der Waals surface area (Å²) < 4.78 is 27.5. The van der Waals surface area contributed by atoms with Crippen LogP contribution in [0.15, 0.2) is 34.5 Å². The molecule has 2 aliphatic rings. The summed E-state index contributed by atoms with van der Waals surface area (Å²) in [6.07, 6.45) is 4.14. The van der Waals surface area contributed by atoms with Crippen LogP contribution in [0.4, 0.5) is 5.13 Å². The largest absolute Gasteiger partial charge is 0.337 e. The second kappa shape index (κ2) is 8.49. The summed E-state index contributed by atoms with van der Waals surface area (Å²) in [5.41, 5.74) is 1.89. The zero-order chi connectivity index (χ0) is 19.6. The van der Waals surface area contributed by atoms with Gasteiger partial charge in [0.2, 0.25) is 10.0 Å². The maximum absolute atomic E-state index is 12.9. The third-order valence-electron chi connectivity index (χ3n) is 5.73. The van der Waals surface area contributed by atoms with Crippen LogP contribution in [0.3, 0.4) is 0 Å². The van der Waals surface area contributed by atoms with Crippen molar-refractivity contribution in [3.8, 4) is 11.3 Å². The molecule has 1 aromatic carbocycles. The predicted molar refractivity (Wildman–Crippen MR) is 114 cm³/mol. The van der Waals surface area contributed by atoms with Gasteiger partial charge in [-0.1, -0.05) is 25.0 Å². The fourth-order valence-corrected chi connectivity index (χ4v) is 6.26. The van der Waals surface area contributed by atoms with Gasteiger partial charge in [-0.2, -0.15) is 4.31 Å². The zero-order valence-electron chi connectivity index (χ0n) is 16.4. The van der Waals surface area contributed by atoms with E-state index < -0.39 is 10.0 Å². The van der Waals surface area contributed by atoms with Gasteiger partial charge in [-0.25, -0.2) is 13.4 Å². The van der Waals surface area contributed by atoms with Crippen molar-refractivity contribution >= 4 is 26.5 Å². The minimum Gasteiger partial charge on any atom is -0.337 e. The number of nitrogens with zero attached hydrogens (tertiary/aromatic N) is 3. The number of sulfonamides is 1. The van der Waals surface area contributed by atoms with Crippen molar-refractivity contribution in [2.45, 2.75) is 30.6 Å². The molecule has 2 aliphatic heterocycles. The van der Waals surface area contributed by atoms with Crippen LogP contribution < -0.4 is 9.80 Å². The van der Waals surface area contributed by atoms with Gasteiger partial charge in [0.25, 0.3) is 0 Å². The lowest BCUT2D eigenvalue weighted by Gasteiger charge is -2.29. The summed E-state index contributed by atoms with van der Waals surface area (Å²) in [6.45, 7) is 5.60. The summed E-state index contributed by atoms with van der Waals surface area (Å²) in [5.74, 6) is 0. The molecule has 0 unspecified atom stereocenters. The molecule has 2 aromatic rings. The fourth-order valence-electron chi connectivity index (χ4n) is 3.85. The number of quaternary nitrogens is 1. The number of hydrogen-bond acceptors (Lipinski definition) is 5. The van der Waals surface area contributed by atoms with Crippen LogP contribution >= 0.6 is 11.3 Å².